The number of nitrogens with one attached hydrogen (secondary N) is 1. The van der Waals surface area contributed by atoms with Gasteiger partial charge in [-0.1, -0.05) is 0 Å². The number of carbonyl (C=O) groups excluding carboxylic acids is 1. The summed E-state index contributed by atoms with van der Waals surface area (Å²) in [6, 6.07) is 5.31. The fourth-order valence-corrected chi connectivity index (χ4v) is 3.22. The van der Waals surface area contributed by atoms with Crippen LogP contribution in [0.25, 0.3) is 0 Å². The van der Waals surface area contributed by atoms with Crippen LogP contribution in [-0.4, -0.2) is 47.3 Å². The van der Waals surface area contributed by atoms with E-state index in [1.165, 1.54) is 11.8 Å². The number of aryl methyl sites for hydroxylation is 1. The van der Waals surface area contributed by atoms with Gasteiger partial charge in [-0.2, -0.15) is 0 Å². The first-order valence-electron chi connectivity index (χ1n) is 8.02. The zero-order valence-electron chi connectivity index (χ0n) is 15.2. The molecule has 134 valence electrons. The van der Waals surface area contributed by atoms with Crippen molar-refractivity contribution in [3.63, 3.8) is 0 Å². The lowest BCUT2D eigenvalue weighted by Crippen LogP contribution is -2.34. The van der Waals surface area contributed by atoms with Crippen LogP contribution in [0.15, 0.2) is 40.4 Å². The molecule has 0 radical (unpaired) electrons. The van der Waals surface area contributed by atoms with Crippen molar-refractivity contribution in [2.24, 2.45) is 0 Å². The number of aromatic nitrogens is 2. The molecule has 0 aromatic carbocycles. The second-order valence-corrected chi connectivity index (χ2v) is 7.01. The number of pyridine rings is 2. The summed E-state index contributed by atoms with van der Waals surface area (Å²) in [7, 11) is 3.91. The van der Waals surface area contributed by atoms with Gasteiger partial charge in [0.25, 0.3) is 11.5 Å². The Morgan fingerprint density at radius 2 is 2.12 bits per heavy atom. The normalized spacial score (nSPS) is 12.2. The quantitative estimate of drug-likeness (QED) is 0.802. The van der Waals surface area contributed by atoms with Crippen molar-refractivity contribution in [2.75, 3.05) is 32.2 Å². The monoisotopic (exact) mass is 360 g/mol. The van der Waals surface area contributed by atoms with E-state index in [9.17, 15) is 9.59 Å². The van der Waals surface area contributed by atoms with Crippen LogP contribution in [0.2, 0.25) is 0 Å². The minimum atomic E-state index is -0.405. The highest BCUT2D eigenvalue weighted by Gasteiger charge is 2.19. The van der Waals surface area contributed by atoms with E-state index in [-0.39, 0.29) is 17.2 Å². The number of carbonyl (C=O) groups is 1. The molecule has 1 atom stereocenters. The Balaban J connectivity index is 2.38. The molecule has 0 aliphatic rings. The highest BCUT2D eigenvalue weighted by atomic mass is 32.2. The fourth-order valence-electron chi connectivity index (χ4n) is 2.71. The maximum absolute atomic E-state index is 12.9. The Morgan fingerprint density at radius 1 is 1.40 bits per heavy atom. The van der Waals surface area contributed by atoms with Gasteiger partial charge in [0.2, 0.25) is 0 Å². The van der Waals surface area contributed by atoms with Crippen LogP contribution in [0.4, 0.5) is 5.69 Å². The van der Waals surface area contributed by atoms with Crippen molar-refractivity contribution in [3.8, 4) is 0 Å². The summed E-state index contributed by atoms with van der Waals surface area (Å²) in [4.78, 5) is 31.8. The predicted molar refractivity (Wildman–Crippen MR) is 103 cm³/mol. The molecule has 1 N–H and O–H groups in total. The van der Waals surface area contributed by atoms with Crippen LogP contribution >= 0.6 is 11.8 Å². The Kier molecular flexibility index (Phi) is 6.39. The summed E-state index contributed by atoms with van der Waals surface area (Å²) < 4.78 is 1.61. The van der Waals surface area contributed by atoms with E-state index in [0.29, 0.717) is 22.8 Å². The highest BCUT2D eigenvalue weighted by Crippen LogP contribution is 2.22. The molecule has 2 rings (SSSR count). The number of likely N-dealkylation sites (N-methyl/N-ethyl adjacent to an activating group) is 1. The summed E-state index contributed by atoms with van der Waals surface area (Å²) in [5, 5.41) is 3.53. The maximum atomic E-state index is 12.9. The van der Waals surface area contributed by atoms with Crippen molar-refractivity contribution < 1.29 is 4.79 Å². The lowest BCUT2D eigenvalue weighted by Gasteiger charge is -2.20. The number of hydrogen-bond acceptors (Lipinski definition) is 5. The zero-order valence-corrected chi connectivity index (χ0v) is 16.1. The highest BCUT2D eigenvalue weighted by molar-refractivity contribution is 7.98. The first-order valence-corrected chi connectivity index (χ1v) is 9.24. The first-order chi connectivity index (χ1) is 11.8. The van der Waals surface area contributed by atoms with Gasteiger partial charge in [-0.25, -0.2) is 4.98 Å². The Morgan fingerprint density at radius 3 is 2.76 bits per heavy atom. The van der Waals surface area contributed by atoms with Gasteiger partial charge in [0, 0.05) is 25.0 Å². The van der Waals surface area contributed by atoms with Gasteiger partial charge >= 0.3 is 0 Å². The lowest BCUT2D eigenvalue weighted by atomic mass is 10.1. The van der Waals surface area contributed by atoms with Crippen LogP contribution in [0.3, 0.4) is 0 Å². The molecular weight excluding hydrogens is 336 g/mol. The van der Waals surface area contributed by atoms with Crippen molar-refractivity contribution in [3.05, 3.63) is 52.1 Å². The molecule has 0 fully saturated rings. The summed E-state index contributed by atoms with van der Waals surface area (Å²) in [5.74, 6) is -0.405. The number of rotatable bonds is 6. The third kappa shape index (κ3) is 4.49. The van der Waals surface area contributed by atoms with Gasteiger partial charge in [-0.15, -0.1) is 11.8 Å². The molecule has 0 saturated carbocycles. The number of amides is 1. The molecule has 2 aromatic heterocycles. The second-order valence-electron chi connectivity index (χ2n) is 6.21. The van der Waals surface area contributed by atoms with Gasteiger partial charge in [-0.05, 0) is 58.0 Å². The van der Waals surface area contributed by atoms with Gasteiger partial charge in [-0.3, -0.25) is 9.59 Å². The van der Waals surface area contributed by atoms with Crippen molar-refractivity contribution in [2.45, 2.75) is 24.9 Å². The smallest absolute Gasteiger partial charge is 0.263 e. The molecule has 0 spiro atoms. The third-order valence-corrected chi connectivity index (χ3v) is 4.58. The Bertz CT molecular complexity index is 817. The average molecular weight is 360 g/mol. The van der Waals surface area contributed by atoms with E-state index in [1.54, 1.807) is 42.1 Å². The number of anilines is 1. The zero-order chi connectivity index (χ0) is 18.6. The number of thioether (sulfide) groups is 1. The van der Waals surface area contributed by atoms with Crippen molar-refractivity contribution >= 4 is 23.4 Å². The van der Waals surface area contributed by atoms with Gasteiger partial charge in [0.1, 0.15) is 10.6 Å². The largest absolute Gasteiger partial charge is 0.319 e. The predicted octanol–water partition coefficient (Wildman–Crippen LogP) is 2.65. The minimum Gasteiger partial charge on any atom is -0.319 e. The lowest BCUT2D eigenvalue weighted by molar-refractivity contribution is 0.102. The summed E-state index contributed by atoms with van der Waals surface area (Å²) >= 11 is 1.44. The summed E-state index contributed by atoms with van der Waals surface area (Å²) in [5.41, 5.74) is 1.16. The molecule has 1 unspecified atom stereocenters. The standard InChI is InChI=1S/C18H24N4O2S/c1-12-8-10-22(13(2)11-21(3)4)18(24)15(12)16(23)20-14-7-6-9-19-17(14)25-5/h6-10,13H,11H2,1-5H3,(H,20,23). The van der Waals surface area contributed by atoms with E-state index >= 15 is 0 Å². The molecule has 2 aromatic rings. The van der Waals surface area contributed by atoms with Crippen LogP contribution in [-0.2, 0) is 0 Å². The van der Waals surface area contributed by atoms with Gasteiger partial charge < -0.3 is 14.8 Å². The van der Waals surface area contributed by atoms with E-state index in [2.05, 4.69) is 10.3 Å². The first kappa shape index (κ1) is 19.2. The number of hydrogen-bond donors (Lipinski definition) is 1. The molecule has 1 amide bonds. The molecule has 25 heavy (non-hydrogen) atoms. The van der Waals surface area contributed by atoms with Crippen molar-refractivity contribution in [1.82, 2.24) is 14.5 Å². The minimum absolute atomic E-state index is 0.0326. The maximum Gasteiger partial charge on any atom is 0.263 e. The number of nitrogens with zero attached hydrogens (tertiary/aromatic N) is 3. The van der Waals surface area contributed by atoms with Crippen molar-refractivity contribution in [1.29, 1.82) is 0 Å². The molecular formula is C18H24N4O2S. The third-order valence-electron chi connectivity index (χ3n) is 3.87. The van der Waals surface area contributed by atoms with E-state index in [1.807, 2.05) is 32.2 Å². The molecule has 7 heteroatoms. The Labute approximate surface area is 152 Å². The topological polar surface area (TPSA) is 67.2 Å². The van der Waals surface area contributed by atoms with Crippen LogP contribution in [0.5, 0.6) is 0 Å². The molecule has 0 bridgehead atoms. The summed E-state index contributed by atoms with van der Waals surface area (Å²) in [6.07, 6.45) is 5.31. The van der Waals surface area contributed by atoms with Gasteiger partial charge in [0.05, 0.1) is 5.69 Å². The molecule has 0 saturated heterocycles. The van der Waals surface area contributed by atoms with E-state index in [0.717, 1.165) is 0 Å². The van der Waals surface area contributed by atoms with Crippen LogP contribution < -0.4 is 10.9 Å². The van der Waals surface area contributed by atoms with E-state index < -0.39 is 5.91 Å². The average Bonchev–Trinajstić information content (AvgIpc) is 2.54. The molecule has 6 nitrogen and oxygen atoms in total. The Hall–Kier alpha value is -2.12. The van der Waals surface area contributed by atoms with Gasteiger partial charge in [0.15, 0.2) is 0 Å². The van der Waals surface area contributed by atoms with E-state index in [4.69, 9.17) is 0 Å². The summed E-state index contributed by atoms with van der Waals surface area (Å²) in [6.45, 7) is 4.45. The SMILES string of the molecule is CSc1ncccc1NC(=O)c1c(C)ccn(C(C)CN(C)C)c1=O. The molecule has 0 aliphatic heterocycles. The molecule has 0 aliphatic carbocycles. The second kappa shape index (κ2) is 8.31. The fraction of sp³-hybridized carbons (Fsp3) is 0.389. The van der Waals surface area contributed by atoms with Crippen LogP contribution in [0, 0.1) is 6.92 Å². The molecule has 2 heterocycles. The van der Waals surface area contributed by atoms with Crippen LogP contribution in [0.1, 0.15) is 28.9 Å².